The smallest absolute Gasteiger partial charge is 0.243 e. The SMILES string of the molecule is CN(C)c1nccnc1[C@H]1CN(S(=O)(=O)c2ccccc2)CCO1. The topological polar surface area (TPSA) is 75.6 Å². The highest BCUT2D eigenvalue weighted by molar-refractivity contribution is 7.89. The lowest BCUT2D eigenvalue weighted by Gasteiger charge is -2.32. The van der Waals surface area contributed by atoms with Crippen molar-refractivity contribution in [2.45, 2.75) is 11.0 Å². The number of hydrogen-bond donors (Lipinski definition) is 0. The van der Waals surface area contributed by atoms with Gasteiger partial charge in [0.15, 0.2) is 5.82 Å². The second-order valence-electron chi connectivity index (χ2n) is 5.70. The van der Waals surface area contributed by atoms with Crippen LogP contribution in [0.2, 0.25) is 0 Å². The summed E-state index contributed by atoms with van der Waals surface area (Å²) in [5.41, 5.74) is 0.649. The van der Waals surface area contributed by atoms with E-state index in [1.165, 1.54) is 4.31 Å². The van der Waals surface area contributed by atoms with Gasteiger partial charge in [-0.3, -0.25) is 4.98 Å². The summed E-state index contributed by atoms with van der Waals surface area (Å²) in [7, 11) is 0.195. The van der Waals surface area contributed by atoms with Crippen molar-refractivity contribution in [1.29, 1.82) is 0 Å². The van der Waals surface area contributed by atoms with Gasteiger partial charge in [-0.05, 0) is 12.1 Å². The van der Waals surface area contributed by atoms with Gasteiger partial charge in [0.2, 0.25) is 10.0 Å². The molecule has 2 heterocycles. The Kier molecular flexibility index (Phi) is 4.79. The van der Waals surface area contributed by atoms with Crippen LogP contribution in [0.25, 0.3) is 0 Å². The molecule has 1 aliphatic heterocycles. The first-order valence-electron chi connectivity index (χ1n) is 7.65. The normalized spacial score (nSPS) is 19.2. The summed E-state index contributed by atoms with van der Waals surface area (Å²) in [6.45, 7) is 0.863. The average molecular weight is 348 g/mol. The first kappa shape index (κ1) is 16.8. The van der Waals surface area contributed by atoms with Crippen molar-refractivity contribution in [2.75, 3.05) is 38.7 Å². The molecule has 1 aromatic heterocycles. The van der Waals surface area contributed by atoms with E-state index < -0.39 is 16.1 Å². The molecule has 7 nitrogen and oxygen atoms in total. The zero-order valence-corrected chi connectivity index (χ0v) is 14.5. The van der Waals surface area contributed by atoms with Crippen molar-refractivity contribution in [3.05, 3.63) is 48.4 Å². The molecule has 8 heteroatoms. The Morgan fingerprint density at radius 1 is 1.17 bits per heavy atom. The number of sulfonamides is 1. The molecule has 1 aromatic carbocycles. The van der Waals surface area contributed by atoms with Gasteiger partial charge in [-0.25, -0.2) is 13.4 Å². The van der Waals surface area contributed by atoms with Gasteiger partial charge in [0, 0.05) is 39.6 Å². The van der Waals surface area contributed by atoms with Gasteiger partial charge >= 0.3 is 0 Å². The summed E-state index contributed by atoms with van der Waals surface area (Å²) in [4.78, 5) is 10.8. The molecule has 0 unspecified atom stereocenters. The third kappa shape index (κ3) is 3.26. The van der Waals surface area contributed by atoms with Crippen LogP contribution in [0.5, 0.6) is 0 Å². The fourth-order valence-corrected chi connectivity index (χ4v) is 4.11. The molecular formula is C16H20N4O3S. The highest BCUT2D eigenvalue weighted by Crippen LogP contribution is 2.29. The number of anilines is 1. The maximum Gasteiger partial charge on any atom is 0.243 e. The molecule has 2 aromatic rings. The van der Waals surface area contributed by atoms with E-state index in [2.05, 4.69) is 9.97 Å². The van der Waals surface area contributed by atoms with Crippen LogP contribution in [-0.4, -0.2) is 56.5 Å². The van der Waals surface area contributed by atoms with Gasteiger partial charge < -0.3 is 9.64 Å². The molecule has 0 spiro atoms. The molecule has 3 rings (SSSR count). The van der Waals surface area contributed by atoms with Crippen molar-refractivity contribution in [1.82, 2.24) is 14.3 Å². The number of nitrogens with zero attached hydrogens (tertiary/aromatic N) is 4. The standard InChI is InChI=1S/C16H20N4O3S/c1-19(2)16-15(17-8-9-18-16)14-12-20(10-11-23-14)24(21,22)13-6-4-3-5-7-13/h3-9,14H,10-12H2,1-2H3/t14-/m1/s1. The maximum absolute atomic E-state index is 12.8. The molecule has 128 valence electrons. The first-order valence-corrected chi connectivity index (χ1v) is 9.09. The first-order chi connectivity index (χ1) is 11.5. The van der Waals surface area contributed by atoms with E-state index >= 15 is 0 Å². The molecule has 24 heavy (non-hydrogen) atoms. The van der Waals surface area contributed by atoms with E-state index in [0.717, 1.165) is 0 Å². The summed E-state index contributed by atoms with van der Waals surface area (Å²) in [5.74, 6) is 0.682. The lowest BCUT2D eigenvalue weighted by Crippen LogP contribution is -2.42. The van der Waals surface area contributed by atoms with E-state index in [4.69, 9.17) is 4.74 Å². The zero-order chi connectivity index (χ0) is 17.2. The molecule has 1 atom stereocenters. The van der Waals surface area contributed by atoms with Crippen molar-refractivity contribution in [3.8, 4) is 0 Å². The van der Waals surface area contributed by atoms with Crippen molar-refractivity contribution in [2.24, 2.45) is 0 Å². The quantitative estimate of drug-likeness (QED) is 0.829. The molecule has 1 fully saturated rings. The highest BCUT2D eigenvalue weighted by atomic mass is 32.2. The fourth-order valence-electron chi connectivity index (χ4n) is 2.66. The summed E-state index contributed by atoms with van der Waals surface area (Å²) in [5, 5.41) is 0. The Balaban J connectivity index is 1.88. The van der Waals surface area contributed by atoms with Crippen molar-refractivity contribution >= 4 is 15.8 Å². The number of benzene rings is 1. The van der Waals surface area contributed by atoms with E-state index in [0.29, 0.717) is 24.7 Å². The minimum absolute atomic E-state index is 0.219. The molecule has 0 bridgehead atoms. The Morgan fingerprint density at radius 3 is 2.58 bits per heavy atom. The molecule has 0 amide bonds. The van der Waals surface area contributed by atoms with Gasteiger partial charge in [0.25, 0.3) is 0 Å². The number of ether oxygens (including phenoxy) is 1. The predicted octanol–water partition coefficient (Wildman–Crippen LogP) is 1.30. The van der Waals surface area contributed by atoms with E-state index in [9.17, 15) is 8.42 Å². The third-order valence-electron chi connectivity index (χ3n) is 3.84. The second-order valence-corrected chi connectivity index (χ2v) is 7.63. The number of aromatic nitrogens is 2. The lowest BCUT2D eigenvalue weighted by atomic mass is 10.2. The summed E-state index contributed by atoms with van der Waals surface area (Å²) in [6.07, 6.45) is 2.76. The molecule has 0 aliphatic carbocycles. The Morgan fingerprint density at radius 2 is 1.88 bits per heavy atom. The number of morpholine rings is 1. The molecule has 0 N–H and O–H groups in total. The van der Waals surface area contributed by atoms with Crippen LogP contribution in [-0.2, 0) is 14.8 Å². The minimum Gasteiger partial charge on any atom is -0.369 e. The summed E-state index contributed by atoms with van der Waals surface area (Å²) < 4.78 is 32.8. The highest BCUT2D eigenvalue weighted by Gasteiger charge is 2.33. The molecular weight excluding hydrogens is 328 g/mol. The maximum atomic E-state index is 12.8. The zero-order valence-electron chi connectivity index (χ0n) is 13.7. The van der Waals surface area contributed by atoms with E-state index in [1.54, 1.807) is 42.7 Å². The molecule has 1 aliphatic rings. The van der Waals surface area contributed by atoms with Gasteiger partial charge in [-0.15, -0.1) is 0 Å². The number of hydrogen-bond acceptors (Lipinski definition) is 6. The Hall–Kier alpha value is -2.03. The summed E-state index contributed by atoms with van der Waals surface area (Å²) >= 11 is 0. The minimum atomic E-state index is -3.54. The van der Waals surface area contributed by atoms with E-state index in [1.807, 2.05) is 19.0 Å². The van der Waals surface area contributed by atoms with Crippen LogP contribution in [0.4, 0.5) is 5.82 Å². The van der Waals surface area contributed by atoms with Crippen LogP contribution in [0, 0.1) is 0 Å². The van der Waals surface area contributed by atoms with Crippen LogP contribution in [0.15, 0.2) is 47.6 Å². The Labute approximate surface area is 142 Å². The monoisotopic (exact) mass is 348 g/mol. The van der Waals surface area contributed by atoms with E-state index in [-0.39, 0.29) is 11.4 Å². The summed E-state index contributed by atoms with van der Waals surface area (Å²) in [6, 6.07) is 8.44. The second kappa shape index (κ2) is 6.84. The lowest BCUT2D eigenvalue weighted by molar-refractivity contribution is -0.00480. The van der Waals surface area contributed by atoms with Gasteiger partial charge in [0.1, 0.15) is 11.8 Å². The van der Waals surface area contributed by atoms with Crippen LogP contribution in [0.1, 0.15) is 11.8 Å². The van der Waals surface area contributed by atoms with Gasteiger partial charge in [-0.1, -0.05) is 18.2 Å². The largest absolute Gasteiger partial charge is 0.369 e. The molecule has 0 saturated carbocycles. The predicted molar refractivity (Wildman–Crippen MR) is 90.3 cm³/mol. The van der Waals surface area contributed by atoms with Crippen LogP contribution < -0.4 is 4.90 Å². The van der Waals surface area contributed by atoms with Gasteiger partial charge in [-0.2, -0.15) is 4.31 Å². The van der Waals surface area contributed by atoms with Crippen LogP contribution in [0.3, 0.4) is 0 Å². The average Bonchev–Trinajstić information content (AvgIpc) is 2.62. The van der Waals surface area contributed by atoms with Gasteiger partial charge in [0.05, 0.1) is 11.5 Å². The van der Waals surface area contributed by atoms with Crippen LogP contribution >= 0.6 is 0 Å². The van der Waals surface area contributed by atoms with Crippen molar-refractivity contribution in [3.63, 3.8) is 0 Å². The fraction of sp³-hybridized carbons (Fsp3) is 0.375. The number of rotatable bonds is 4. The third-order valence-corrected chi connectivity index (χ3v) is 5.72. The molecule has 0 radical (unpaired) electrons. The molecule has 1 saturated heterocycles. The Bertz CT molecular complexity index is 796. The van der Waals surface area contributed by atoms with Crippen molar-refractivity contribution < 1.29 is 13.2 Å².